The lowest BCUT2D eigenvalue weighted by Crippen LogP contribution is -1.89. The lowest BCUT2D eigenvalue weighted by atomic mass is 10.0. The fourth-order valence-electron chi connectivity index (χ4n) is 1.64. The highest BCUT2D eigenvalue weighted by molar-refractivity contribution is 7.80. The van der Waals surface area contributed by atoms with E-state index in [9.17, 15) is 4.57 Å². The van der Waals surface area contributed by atoms with Crippen molar-refractivity contribution < 1.29 is 14.0 Å². The lowest BCUT2D eigenvalue weighted by Gasteiger charge is -2.11. The van der Waals surface area contributed by atoms with Crippen molar-refractivity contribution in [2.24, 2.45) is 0 Å². The van der Waals surface area contributed by atoms with E-state index in [4.69, 9.17) is 20.7 Å². The third-order valence-electron chi connectivity index (χ3n) is 2.46. The molecular weight excluding hydrogens is 271 g/mol. The lowest BCUT2D eigenvalue weighted by molar-refractivity contribution is 0.401. The Morgan fingerprint density at radius 2 is 1.72 bits per heavy atom. The van der Waals surface area contributed by atoms with Gasteiger partial charge in [0.1, 0.15) is 5.75 Å². The number of hydrogen-bond donors (Lipinski definition) is 1. The number of para-hydroxylation sites is 1. The minimum atomic E-state index is -4.07. The van der Waals surface area contributed by atoms with Gasteiger partial charge in [-0.25, -0.2) is 4.57 Å². The molecule has 0 saturated carbocycles. The SMILES string of the molecule is Cc1ccc(-c2ccccc2OP(=O)(O)Cl)cc1. The molecule has 0 aliphatic heterocycles. The molecular formula is C13H12ClO3P. The van der Waals surface area contributed by atoms with Crippen LogP contribution in [0.5, 0.6) is 5.75 Å². The van der Waals surface area contributed by atoms with Crippen LogP contribution in [0.2, 0.25) is 0 Å². The van der Waals surface area contributed by atoms with E-state index in [0.29, 0.717) is 5.75 Å². The summed E-state index contributed by atoms with van der Waals surface area (Å²) in [6.45, 7) is -2.08. The zero-order valence-electron chi connectivity index (χ0n) is 9.71. The molecule has 2 rings (SSSR count). The number of rotatable bonds is 3. The van der Waals surface area contributed by atoms with Gasteiger partial charge < -0.3 is 9.42 Å². The minimum Gasteiger partial charge on any atom is -0.413 e. The molecule has 3 nitrogen and oxygen atoms in total. The second kappa shape index (κ2) is 5.15. The van der Waals surface area contributed by atoms with Crippen molar-refractivity contribution in [2.45, 2.75) is 6.92 Å². The molecule has 94 valence electrons. The Bertz CT molecular complexity index is 589. The first kappa shape index (κ1) is 13.2. The normalized spacial score (nSPS) is 13.9. The topological polar surface area (TPSA) is 46.5 Å². The predicted octanol–water partition coefficient (Wildman–Crippen LogP) is 4.38. The van der Waals surface area contributed by atoms with Crippen LogP contribution in [0.1, 0.15) is 5.56 Å². The van der Waals surface area contributed by atoms with E-state index in [-0.39, 0.29) is 0 Å². The molecule has 5 heteroatoms. The molecule has 2 aromatic rings. The minimum absolute atomic E-state index is 0.294. The summed E-state index contributed by atoms with van der Waals surface area (Å²) in [6.07, 6.45) is 0. The van der Waals surface area contributed by atoms with E-state index >= 15 is 0 Å². The summed E-state index contributed by atoms with van der Waals surface area (Å²) in [5, 5.41) is 0. The monoisotopic (exact) mass is 282 g/mol. The molecule has 1 N–H and O–H groups in total. The maximum atomic E-state index is 11.1. The van der Waals surface area contributed by atoms with E-state index in [0.717, 1.165) is 16.7 Å². The van der Waals surface area contributed by atoms with Gasteiger partial charge in [-0.3, -0.25) is 0 Å². The standard InChI is InChI=1S/C13H12ClO3P/c1-10-6-8-11(9-7-10)12-4-2-3-5-13(12)17-18(14,15)16/h2-9H,1H3,(H,15,16). The summed E-state index contributed by atoms with van der Waals surface area (Å²) in [4.78, 5) is 9.09. The number of benzene rings is 2. The van der Waals surface area contributed by atoms with Crippen LogP contribution in [-0.4, -0.2) is 4.89 Å². The highest BCUT2D eigenvalue weighted by Crippen LogP contribution is 2.49. The Morgan fingerprint density at radius 3 is 2.33 bits per heavy atom. The number of aryl methyl sites for hydroxylation is 1. The van der Waals surface area contributed by atoms with Crippen molar-refractivity contribution in [3.8, 4) is 16.9 Å². The molecule has 0 amide bonds. The number of halogens is 1. The Balaban J connectivity index is 2.44. The molecule has 0 aliphatic carbocycles. The van der Waals surface area contributed by atoms with Crippen LogP contribution >= 0.6 is 18.2 Å². The molecule has 0 aliphatic rings. The van der Waals surface area contributed by atoms with Gasteiger partial charge in [0.15, 0.2) is 0 Å². The fourth-order valence-corrected chi connectivity index (χ4v) is 2.26. The highest BCUT2D eigenvalue weighted by Gasteiger charge is 2.18. The summed E-state index contributed by atoms with van der Waals surface area (Å²) >= 11 is 5.24. The largest absolute Gasteiger partial charge is 0.474 e. The fraction of sp³-hybridized carbons (Fsp3) is 0.0769. The predicted molar refractivity (Wildman–Crippen MR) is 72.9 cm³/mol. The van der Waals surface area contributed by atoms with Crippen molar-refractivity contribution in [3.63, 3.8) is 0 Å². The molecule has 2 aromatic carbocycles. The summed E-state index contributed by atoms with van der Waals surface area (Å²) < 4.78 is 16.0. The maximum Gasteiger partial charge on any atom is 0.474 e. The molecule has 0 bridgehead atoms. The first-order valence-electron chi connectivity index (χ1n) is 5.34. The molecule has 0 radical (unpaired) electrons. The second-order valence-corrected chi connectivity index (χ2v) is 6.27. The van der Waals surface area contributed by atoms with Crippen LogP contribution in [0.4, 0.5) is 0 Å². The van der Waals surface area contributed by atoms with Gasteiger partial charge >= 0.3 is 6.95 Å². The maximum absolute atomic E-state index is 11.1. The van der Waals surface area contributed by atoms with Gasteiger partial charge in [-0.05, 0) is 18.6 Å². The average Bonchev–Trinajstić information content (AvgIpc) is 2.29. The van der Waals surface area contributed by atoms with Crippen molar-refractivity contribution >= 4 is 18.2 Å². The zero-order valence-corrected chi connectivity index (χ0v) is 11.4. The molecule has 0 saturated heterocycles. The smallest absolute Gasteiger partial charge is 0.413 e. The number of hydrogen-bond acceptors (Lipinski definition) is 2. The zero-order chi connectivity index (χ0) is 13.2. The van der Waals surface area contributed by atoms with E-state index in [1.165, 1.54) is 0 Å². The summed E-state index contributed by atoms with van der Waals surface area (Å²) in [6, 6.07) is 14.8. The van der Waals surface area contributed by atoms with Crippen molar-refractivity contribution in [1.29, 1.82) is 0 Å². The van der Waals surface area contributed by atoms with Crippen molar-refractivity contribution in [1.82, 2.24) is 0 Å². The molecule has 1 atom stereocenters. The van der Waals surface area contributed by atoms with Gasteiger partial charge in [0.05, 0.1) is 0 Å². The molecule has 0 fully saturated rings. The Hall–Kier alpha value is -1.28. The van der Waals surface area contributed by atoms with Gasteiger partial charge in [0.25, 0.3) is 0 Å². The Labute approximate surface area is 110 Å². The van der Waals surface area contributed by atoms with Gasteiger partial charge in [-0.1, -0.05) is 48.0 Å². The van der Waals surface area contributed by atoms with Crippen LogP contribution in [0, 0.1) is 6.92 Å². The van der Waals surface area contributed by atoms with Crippen molar-refractivity contribution in [3.05, 3.63) is 54.1 Å². The van der Waals surface area contributed by atoms with E-state index in [1.807, 2.05) is 43.3 Å². The molecule has 18 heavy (non-hydrogen) atoms. The summed E-state index contributed by atoms with van der Waals surface area (Å²) in [7, 11) is 0. The van der Waals surface area contributed by atoms with E-state index in [1.54, 1.807) is 12.1 Å². The van der Waals surface area contributed by atoms with Gasteiger partial charge in [-0.15, -0.1) is 0 Å². The summed E-state index contributed by atoms with van der Waals surface area (Å²) in [5.41, 5.74) is 2.77. The third-order valence-corrected chi connectivity index (χ3v) is 3.09. The Morgan fingerprint density at radius 1 is 1.11 bits per heavy atom. The van der Waals surface area contributed by atoms with Crippen LogP contribution in [-0.2, 0) is 4.57 Å². The van der Waals surface area contributed by atoms with Crippen molar-refractivity contribution in [2.75, 3.05) is 0 Å². The van der Waals surface area contributed by atoms with E-state index in [2.05, 4.69) is 0 Å². The van der Waals surface area contributed by atoms with Gasteiger partial charge in [0.2, 0.25) is 0 Å². The van der Waals surface area contributed by atoms with Gasteiger partial charge in [0, 0.05) is 16.8 Å². The highest BCUT2D eigenvalue weighted by atomic mass is 35.7. The first-order chi connectivity index (χ1) is 8.46. The van der Waals surface area contributed by atoms with Crippen LogP contribution in [0.15, 0.2) is 48.5 Å². The van der Waals surface area contributed by atoms with Gasteiger partial charge in [-0.2, -0.15) is 0 Å². The third kappa shape index (κ3) is 3.36. The molecule has 1 unspecified atom stereocenters. The molecule has 0 spiro atoms. The second-order valence-electron chi connectivity index (χ2n) is 3.90. The van der Waals surface area contributed by atoms with Crippen LogP contribution in [0.25, 0.3) is 11.1 Å². The summed E-state index contributed by atoms with van der Waals surface area (Å²) in [5.74, 6) is 0.294. The van der Waals surface area contributed by atoms with Crippen LogP contribution < -0.4 is 4.52 Å². The first-order valence-corrected chi connectivity index (χ1v) is 7.82. The quantitative estimate of drug-likeness (QED) is 0.850. The molecule has 0 aromatic heterocycles. The van der Waals surface area contributed by atoms with Crippen LogP contribution in [0.3, 0.4) is 0 Å². The average molecular weight is 283 g/mol. The van der Waals surface area contributed by atoms with E-state index < -0.39 is 6.95 Å². The Kier molecular flexibility index (Phi) is 3.76. The molecule has 0 heterocycles.